The van der Waals surface area contributed by atoms with Gasteiger partial charge in [0, 0.05) is 18.2 Å². The minimum atomic E-state index is -2.37. The van der Waals surface area contributed by atoms with Crippen LogP contribution in [-0.4, -0.2) is 6.04 Å². The van der Waals surface area contributed by atoms with E-state index in [4.69, 9.17) is 0 Å². The van der Waals surface area contributed by atoms with Crippen molar-refractivity contribution in [1.82, 2.24) is 5.32 Å². The first-order valence-corrected chi connectivity index (χ1v) is 6.79. The highest BCUT2D eigenvalue weighted by atomic mass is 19.3. The van der Waals surface area contributed by atoms with E-state index in [1.165, 1.54) is 31.4 Å². The van der Waals surface area contributed by atoms with E-state index in [1.54, 1.807) is 12.1 Å². The summed E-state index contributed by atoms with van der Waals surface area (Å²) in [5, 5.41) is 3.52. The van der Waals surface area contributed by atoms with Gasteiger partial charge >= 0.3 is 0 Å². The van der Waals surface area contributed by atoms with Crippen LogP contribution in [0, 0.1) is 5.92 Å². The second-order valence-electron chi connectivity index (χ2n) is 5.21. The monoisotopic (exact) mass is 253 g/mol. The molecule has 1 nitrogen and oxygen atoms in total. The Morgan fingerprint density at radius 1 is 1.22 bits per heavy atom. The van der Waals surface area contributed by atoms with Gasteiger partial charge in [0.25, 0.3) is 6.43 Å². The predicted molar refractivity (Wildman–Crippen MR) is 69.7 cm³/mol. The van der Waals surface area contributed by atoms with Gasteiger partial charge in [-0.2, -0.15) is 0 Å². The van der Waals surface area contributed by atoms with Crippen molar-refractivity contribution < 1.29 is 8.78 Å². The molecule has 1 aliphatic carbocycles. The highest BCUT2D eigenvalue weighted by molar-refractivity contribution is 5.23. The third-order valence-electron chi connectivity index (χ3n) is 3.63. The van der Waals surface area contributed by atoms with E-state index in [2.05, 4.69) is 12.2 Å². The molecule has 1 aliphatic rings. The van der Waals surface area contributed by atoms with Crippen LogP contribution in [0.25, 0.3) is 0 Å². The first-order chi connectivity index (χ1) is 8.69. The summed E-state index contributed by atoms with van der Waals surface area (Å²) in [5.74, 6) is 0.920. The average molecular weight is 253 g/mol. The predicted octanol–water partition coefficient (Wildman–Crippen LogP) is 4.29. The van der Waals surface area contributed by atoms with Crippen molar-refractivity contribution in [2.24, 2.45) is 5.92 Å². The van der Waals surface area contributed by atoms with E-state index in [0.29, 0.717) is 6.04 Å². The van der Waals surface area contributed by atoms with Gasteiger partial charge in [-0.3, -0.25) is 0 Å². The van der Waals surface area contributed by atoms with Crippen LogP contribution in [0.2, 0.25) is 0 Å². The number of benzene rings is 1. The van der Waals surface area contributed by atoms with Crippen LogP contribution < -0.4 is 5.32 Å². The summed E-state index contributed by atoms with van der Waals surface area (Å²) >= 11 is 0. The fraction of sp³-hybridized carbons (Fsp3) is 0.600. The maximum atomic E-state index is 12.4. The summed E-state index contributed by atoms with van der Waals surface area (Å²) in [7, 11) is 0. The Balaban J connectivity index is 1.80. The van der Waals surface area contributed by atoms with E-state index in [9.17, 15) is 8.78 Å². The summed E-state index contributed by atoms with van der Waals surface area (Å²) < 4.78 is 24.8. The molecule has 0 heterocycles. The molecule has 100 valence electrons. The Labute approximate surface area is 108 Å². The van der Waals surface area contributed by atoms with E-state index >= 15 is 0 Å². The molecule has 1 aromatic carbocycles. The summed E-state index contributed by atoms with van der Waals surface area (Å²) in [4.78, 5) is 0. The van der Waals surface area contributed by atoms with Crippen molar-refractivity contribution in [3.63, 3.8) is 0 Å². The van der Waals surface area contributed by atoms with Crippen molar-refractivity contribution in [3.05, 3.63) is 35.4 Å². The summed E-state index contributed by atoms with van der Waals surface area (Å²) in [6, 6.07) is 7.18. The standard InChI is InChI=1S/C15H21F2N/c1-2-14(9-11-3-4-11)18-10-12-5-7-13(8-6-12)15(16)17/h5-8,11,14-15,18H,2-4,9-10H2,1H3. The highest BCUT2D eigenvalue weighted by Crippen LogP contribution is 2.34. The van der Waals surface area contributed by atoms with E-state index in [0.717, 1.165) is 24.4 Å². The normalized spacial score (nSPS) is 17.1. The van der Waals surface area contributed by atoms with Gasteiger partial charge in [-0.1, -0.05) is 44.0 Å². The van der Waals surface area contributed by atoms with Crippen molar-refractivity contribution in [1.29, 1.82) is 0 Å². The lowest BCUT2D eigenvalue weighted by atomic mass is 10.1. The van der Waals surface area contributed by atoms with Crippen molar-refractivity contribution in [2.75, 3.05) is 0 Å². The van der Waals surface area contributed by atoms with Crippen molar-refractivity contribution >= 4 is 0 Å². The van der Waals surface area contributed by atoms with Crippen LogP contribution in [0.3, 0.4) is 0 Å². The number of halogens is 2. The number of hydrogen-bond donors (Lipinski definition) is 1. The van der Waals surface area contributed by atoms with Gasteiger partial charge in [0.1, 0.15) is 0 Å². The van der Waals surface area contributed by atoms with Crippen LogP contribution in [-0.2, 0) is 6.54 Å². The minimum Gasteiger partial charge on any atom is -0.310 e. The summed E-state index contributed by atoms with van der Waals surface area (Å²) in [6.07, 6.45) is 2.77. The molecule has 1 unspecified atom stereocenters. The maximum absolute atomic E-state index is 12.4. The first kappa shape index (κ1) is 13.5. The summed E-state index contributed by atoms with van der Waals surface area (Å²) in [6.45, 7) is 2.97. The lowest BCUT2D eigenvalue weighted by molar-refractivity contribution is 0.151. The molecule has 18 heavy (non-hydrogen) atoms. The number of hydrogen-bond acceptors (Lipinski definition) is 1. The molecule has 1 aromatic rings. The van der Waals surface area contributed by atoms with Gasteiger partial charge in [-0.05, 0) is 24.3 Å². The van der Waals surface area contributed by atoms with Crippen LogP contribution in [0.15, 0.2) is 24.3 Å². The molecule has 0 spiro atoms. The highest BCUT2D eigenvalue weighted by Gasteiger charge is 2.24. The zero-order valence-electron chi connectivity index (χ0n) is 10.8. The molecule has 0 aromatic heterocycles. The summed E-state index contributed by atoms with van der Waals surface area (Å²) in [5.41, 5.74) is 1.18. The zero-order chi connectivity index (χ0) is 13.0. The van der Waals surface area contributed by atoms with Gasteiger partial charge in [0.2, 0.25) is 0 Å². The SMILES string of the molecule is CCC(CC1CC1)NCc1ccc(C(F)F)cc1. The smallest absolute Gasteiger partial charge is 0.263 e. The molecule has 2 rings (SSSR count). The van der Waals surface area contributed by atoms with Gasteiger partial charge in [-0.15, -0.1) is 0 Å². The number of alkyl halides is 2. The quantitative estimate of drug-likeness (QED) is 0.764. The van der Waals surface area contributed by atoms with Gasteiger partial charge in [0.05, 0.1) is 0 Å². The molecule has 0 bridgehead atoms. The first-order valence-electron chi connectivity index (χ1n) is 6.79. The van der Waals surface area contributed by atoms with E-state index < -0.39 is 6.43 Å². The maximum Gasteiger partial charge on any atom is 0.263 e. The molecule has 1 N–H and O–H groups in total. The molecule has 3 heteroatoms. The second kappa shape index (κ2) is 6.28. The Morgan fingerprint density at radius 2 is 1.89 bits per heavy atom. The fourth-order valence-corrected chi connectivity index (χ4v) is 2.19. The molecule has 1 saturated carbocycles. The molecule has 0 radical (unpaired) electrons. The molecule has 0 saturated heterocycles. The third-order valence-corrected chi connectivity index (χ3v) is 3.63. The second-order valence-corrected chi connectivity index (χ2v) is 5.21. The number of rotatable bonds is 7. The van der Waals surface area contributed by atoms with E-state index in [-0.39, 0.29) is 5.56 Å². The van der Waals surface area contributed by atoms with Gasteiger partial charge < -0.3 is 5.32 Å². The Kier molecular flexibility index (Phi) is 4.70. The largest absolute Gasteiger partial charge is 0.310 e. The Morgan fingerprint density at radius 3 is 2.39 bits per heavy atom. The van der Waals surface area contributed by atoms with Crippen LogP contribution in [0.5, 0.6) is 0 Å². The average Bonchev–Trinajstić information content (AvgIpc) is 3.18. The topological polar surface area (TPSA) is 12.0 Å². The molecule has 0 aliphatic heterocycles. The molecular formula is C15H21F2N. The van der Waals surface area contributed by atoms with Gasteiger partial charge in [0.15, 0.2) is 0 Å². The Bertz CT molecular complexity index is 357. The zero-order valence-corrected chi connectivity index (χ0v) is 10.8. The van der Waals surface area contributed by atoms with E-state index in [1.807, 2.05) is 0 Å². The molecular weight excluding hydrogens is 232 g/mol. The molecule has 1 fully saturated rings. The third kappa shape index (κ3) is 4.05. The van der Waals surface area contributed by atoms with Crippen molar-refractivity contribution in [2.45, 2.75) is 51.6 Å². The lowest BCUT2D eigenvalue weighted by Gasteiger charge is -2.16. The van der Waals surface area contributed by atoms with Crippen molar-refractivity contribution in [3.8, 4) is 0 Å². The molecule has 1 atom stereocenters. The van der Waals surface area contributed by atoms with Crippen LogP contribution >= 0.6 is 0 Å². The lowest BCUT2D eigenvalue weighted by Crippen LogP contribution is -2.28. The van der Waals surface area contributed by atoms with Crippen LogP contribution in [0.4, 0.5) is 8.78 Å². The fourth-order valence-electron chi connectivity index (χ4n) is 2.19. The van der Waals surface area contributed by atoms with Crippen LogP contribution in [0.1, 0.15) is 50.2 Å². The minimum absolute atomic E-state index is 0.101. The number of nitrogens with one attached hydrogen (secondary N) is 1. The molecule has 0 amide bonds. The van der Waals surface area contributed by atoms with Gasteiger partial charge in [-0.25, -0.2) is 8.78 Å². The Hall–Kier alpha value is -0.960.